The third-order valence-corrected chi connectivity index (χ3v) is 8.70. The minimum absolute atomic E-state index is 0.00305. The summed E-state index contributed by atoms with van der Waals surface area (Å²) in [7, 11) is 1.52. The fraction of sp³-hybridized carbons (Fsp3) is 0.286. The highest BCUT2D eigenvalue weighted by atomic mass is 35.5. The van der Waals surface area contributed by atoms with Crippen LogP contribution in [0, 0.1) is 17.5 Å². The van der Waals surface area contributed by atoms with Crippen LogP contribution in [0.2, 0.25) is 5.02 Å². The summed E-state index contributed by atoms with van der Waals surface area (Å²) >= 11 is 7.32. The molecule has 198 valence electrons. The van der Waals surface area contributed by atoms with Crippen molar-refractivity contribution in [3.8, 4) is 16.9 Å². The van der Waals surface area contributed by atoms with Crippen LogP contribution < -0.4 is 10.5 Å². The summed E-state index contributed by atoms with van der Waals surface area (Å²) in [6.07, 6.45) is 5.44. The summed E-state index contributed by atoms with van der Waals surface area (Å²) in [5.41, 5.74) is 7.74. The van der Waals surface area contributed by atoms with Crippen molar-refractivity contribution >= 4 is 38.9 Å². The van der Waals surface area contributed by atoms with Gasteiger partial charge in [0.25, 0.3) is 5.91 Å². The quantitative estimate of drug-likeness (QED) is 0.277. The number of ether oxygens (including phenoxy) is 1. The van der Waals surface area contributed by atoms with Gasteiger partial charge in [0.1, 0.15) is 28.1 Å². The molecule has 2 aromatic carbocycles. The van der Waals surface area contributed by atoms with E-state index >= 15 is 0 Å². The molecule has 1 fully saturated rings. The molecular formula is C28H25ClF3N3O2S. The maximum Gasteiger partial charge on any atom is 0.266 e. The molecule has 1 amide bonds. The molecule has 0 atom stereocenters. The molecule has 0 spiro atoms. The van der Waals surface area contributed by atoms with Crippen molar-refractivity contribution in [3.05, 3.63) is 81.7 Å². The van der Waals surface area contributed by atoms with E-state index in [0.717, 1.165) is 42.5 Å². The molecular weight excluding hydrogens is 535 g/mol. The lowest BCUT2D eigenvalue weighted by atomic mass is 9.90. The molecule has 0 radical (unpaired) electrons. The van der Waals surface area contributed by atoms with Crippen molar-refractivity contribution in [1.29, 1.82) is 0 Å². The second-order valence-electron chi connectivity index (χ2n) is 9.36. The summed E-state index contributed by atoms with van der Waals surface area (Å²) in [5, 5.41) is -0.206. The zero-order valence-electron chi connectivity index (χ0n) is 20.5. The van der Waals surface area contributed by atoms with Crippen LogP contribution in [0.3, 0.4) is 0 Å². The Kier molecular flexibility index (Phi) is 7.61. The molecule has 2 N–H and O–H groups in total. The van der Waals surface area contributed by atoms with Crippen molar-refractivity contribution in [3.63, 3.8) is 0 Å². The number of rotatable bonds is 6. The summed E-state index contributed by atoms with van der Waals surface area (Å²) in [6.45, 7) is 0.123. The second kappa shape index (κ2) is 10.9. The van der Waals surface area contributed by atoms with Gasteiger partial charge in [0.15, 0.2) is 0 Å². The Morgan fingerprint density at radius 3 is 2.53 bits per heavy atom. The van der Waals surface area contributed by atoms with Crippen molar-refractivity contribution < 1.29 is 22.7 Å². The van der Waals surface area contributed by atoms with Gasteiger partial charge in [-0.1, -0.05) is 17.7 Å². The predicted octanol–water partition coefficient (Wildman–Crippen LogP) is 6.95. The van der Waals surface area contributed by atoms with Gasteiger partial charge in [0, 0.05) is 36.0 Å². The molecule has 5 rings (SSSR count). The van der Waals surface area contributed by atoms with Gasteiger partial charge in [0.05, 0.1) is 28.4 Å². The topological polar surface area (TPSA) is 68.5 Å². The summed E-state index contributed by atoms with van der Waals surface area (Å²) in [6, 6.07) is 8.70. The number of pyridine rings is 1. The van der Waals surface area contributed by atoms with Gasteiger partial charge in [-0.2, -0.15) is 0 Å². The smallest absolute Gasteiger partial charge is 0.266 e. The number of nitrogens with two attached hydrogens (primary N) is 1. The zero-order chi connectivity index (χ0) is 27.0. The number of halogens is 4. The van der Waals surface area contributed by atoms with Gasteiger partial charge in [-0.15, -0.1) is 11.3 Å². The molecule has 1 saturated carbocycles. The number of amides is 1. The molecule has 1 aliphatic rings. The highest BCUT2D eigenvalue weighted by Crippen LogP contribution is 2.40. The number of hydrogen-bond acceptors (Lipinski definition) is 5. The molecule has 38 heavy (non-hydrogen) atoms. The van der Waals surface area contributed by atoms with Gasteiger partial charge >= 0.3 is 0 Å². The van der Waals surface area contributed by atoms with E-state index in [0.29, 0.717) is 35.3 Å². The second-order valence-corrected chi connectivity index (χ2v) is 10.8. The zero-order valence-corrected chi connectivity index (χ0v) is 22.1. The summed E-state index contributed by atoms with van der Waals surface area (Å²) in [4.78, 5) is 19.6. The van der Waals surface area contributed by atoms with Gasteiger partial charge < -0.3 is 15.4 Å². The lowest BCUT2D eigenvalue weighted by Gasteiger charge is -2.36. The molecule has 5 nitrogen and oxygen atoms in total. The van der Waals surface area contributed by atoms with Crippen LogP contribution in [-0.4, -0.2) is 35.0 Å². The van der Waals surface area contributed by atoms with Crippen molar-refractivity contribution in [2.75, 3.05) is 7.11 Å². The third-order valence-electron chi connectivity index (χ3n) is 7.02. The highest BCUT2D eigenvalue weighted by Gasteiger charge is 2.32. The number of hydrogen-bond donors (Lipinski definition) is 1. The van der Waals surface area contributed by atoms with Crippen LogP contribution in [0.4, 0.5) is 13.2 Å². The molecule has 2 aromatic heterocycles. The Balaban J connectivity index is 1.58. The van der Waals surface area contributed by atoms with Crippen molar-refractivity contribution in [1.82, 2.24) is 9.88 Å². The van der Waals surface area contributed by atoms with E-state index in [1.54, 1.807) is 29.2 Å². The van der Waals surface area contributed by atoms with Gasteiger partial charge in [-0.3, -0.25) is 9.78 Å². The van der Waals surface area contributed by atoms with E-state index in [4.69, 9.17) is 22.1 Å². The lowest BCUT2D eigenvalue weighted by Crippen LogP contribution is -2.43. The number of thiophene rings is 1. The van der Waals surface area contributed by atoms with Crippen LogP contribution in [0.15, 0.2) is 48.8 Å². The number of nitrogens with zero attached hydrogens (tertiary/aromatic N) is 2. The van der Waals surface area contributed by atoms with Crippen LogP contribution in [0.1, 0.15) is 40.9 Å². The molecule has 10 heteroatoms. The Bertz CT molecular complexity index is 1500. The number of aromatic nitrogens is 1. The van der Waals surface area contributed by atoms with Crippen LogP contribution in [0.5, 0.6) is 5.75 Å². The van der Waals surface area contributed by atoms with E-state index in [-0.39, 0.29) is 38.6 Å². The largest absolute Gasteiger partial charge is 0.496 e. The minimum Gasteiger partial charge on any atom is -0.496 e. The highest BCUT2D eigenvalue weighted by molar-refractivity contribution is 7.21. The van der Waals surface area contributed by atoms with E-state index < -0.39 is 23.4 Å². The average molecular weight is 560 g/mol. The first-order valence-electron chi connectivity index (χ1n) is 12.2. The van der Waals surface area contributed by atoms with Crippen LogP contribution >= 0.6 is 22.9 Å². The lowest BCUT2D eigenvalue weighted by molar-refractivity contribution is 0.0610. The van der Waals surface area contributed by atoms with Gasteiger partial charge in [0.2, 0.25) is 0 Å². The maximum atomic E-state index is 14.6. The standard InChI is InChI=1S/C28H25ClF3N3O2S/c1-37-23-9-2-15(19-10-11-34-13-22(19)32)12-16(23)14-35(18-5-3-17(33)4-6-18)28(36)27-25(29)24-20(30)7-8-21(31)26(24)38-27/h2,7-13,17-18H,3-6,14,33H2,1H3/t17-,18-. The first-order chi connectivity index (χ1) is 18.3. The van der Waals surface area contributed by atoms with E-state index in [1.807, 2.05) is 0 Å². The molecule has 0 unspecified atom stereocenters. The van der Waals surface area contributed by atoms with E-state index in [2.05, 4.69) is 4.98 Å². The van der Waals surface area contributed by atoms with Crippen molar-refractivity contribution in [2.24, 2.45) is 5.73 Å². The number of methoxy groups -OCH3 is 1. The molecule has 0 saturated heterocycles. The molecule has 0 bridgehead atoms. The monoisotopic (exact) mass is 559 g/mol. The SMILES string of the molecule is COc1ccc(-c2ccncc2F)cc1CN(C(=O)c1sc2c(F)ccc(F)c2c1Cl)[C@H]1CC[C@H](N)CC1. The fourth-order valence-electron chi connectivity index (χ4n) is 5.01. The molecule has 4 aromatic rings. The van der Waals surface area contributed by atoms with Crippen LogP contribution in [-0.2, 0) is 6.54 Å². The number of benzene rings is 2. The van der Waals surface area contributed by atoms with Crippen LogP contribution in [0.25, 0.3) is 21.2 Å². The Labute approximate surface area is 227 Å². The Hall–Kier alpha value is -3.14. The first kappa shape index (κ1) is 26.5. The summed E-state index contributed by atoms with van der Waals surface area (Å²) in [5.74, 6) is -1.72. The van der Waals surface area contributed by atoms with Gasteiger partial charge in [-0.05, 0) is 61.6 Å². The third kappa shape index (κ3) is 4.98. The average Bonchev–Trinajstić information content (AvgIpc) is 3.28. The first-order valence-corrected chi connectivity index (χ1v) is 13.4. The Morgan fingerprint density at radius 2 is 1.84 bits per heavy atom. The fourth-order valence-corrected chi connectivity index (χ4v) is 6.51. The molecule has 1 aliphatic carbocycles. The Morgan fingerprint density at radius 1 is 1.11 bits per heavy atom. The van der Waals surface area contributed by atoms with E-state index in [9.17, 15) is 18.0 Å². The molecule has 0 aliphatic heterocycles. The number of carbonyl (C=O) groups excluding carboxylic acids is 1. The van der Waals surface area contributed by atoms with E-state index in [1.165, 1.54) is 13.3 Å². The van der Waals surface area contributed by atoms with Gasteiger partial charge in [-0.25, -0.2) is 13.2 Å². The maximum absolute atomic E-state index is 14.6. The minimum atomic E-state index is -0.689. The van der Waals surface area contributed by atoms with Crippen molar-refractivity contribution in [2.45, 2.75) is 44.3 Å². The predicted molar refractivity (Wildman–Crippen MR) is 143 cm³/mol. The normalized spacial score (nSPS) is 17.5. The number of fused-ring (bicyclic) bond motifs is 1. The summed E-state index contributed by atoms with van der Waals surface area (Å²) < 4.78 is 49.1. The number of carbonyl (C=O) groups is 1. The molecule has 2 heterocycles.